The van der Waals surface area contributed by atoms with Gasteiger partial charge in [0.1, 0.15) is 6.04 Å². The van der Waals surface area contributed by atoms with Gasteiger partial charge >= 0.3 is 0 Å². The van der Waals surface area contributed by atoms with Crippen molar-refractivity contribution in [3.05, 3.63) is 28.7 Å². The fraction of sp³-hybridized carbons (Fsp3) is 0.462. The number of rotatable bonds is 2. The number of likely N-dealkylation sites (N-methyl/N-ethyl adjacent to an activating group) is 1. The van der Waals surface area contributed by atoms with E-state index in [1.165, 1.54) is 0 Å². The number of amides is 1. The number of carbonyl (C=O) groups excluding carboxylic acids is 1. The van der Waals surface area contributed by atoms with Gasteiger partial charge in [0.25, 0.3) is 0 Å². The Morgan fingerprint density at radius 1 is 1.50 bits per heavy atom. The highest BCUT2D eigenvalue weighted by molar-refractivity contribution is 9.10. The normalized spacial score (nSPS) is 24.6. The van der Waals surface area contributed by atoms with Crippen molar-refractivity contribution in [1.82, 2.24) is 4.90 Å². The topological polar surface area (TPSA) is 43.8 Å². The van der Waals surface area contributed by atoms with Crippen LogP contribution in [-0.4, -0.2) is 48.2 Å². The Balaban J connectivity index is 2.37. The van der Waals surface area contributed by atoms with Crippen LogP contribution < -0.4 is 4.90 Å². The molecule has 2 atom stereocenters. The summed E-state index contributed by atoms with van der Waals surface area (Å²) in [5.74, 6) is -0.0319. The molecule has 0 saturated carbocycles. The molecule has 1 N–H and O–H groups in total. The number of aliphatic hydroxyl groups excluding tert-OH is 1. The SMILES string of the molecule is CC1CN(C)C(=O)C(CO)N1c1cccc(Br)c1. The van der Waals surface area contributed by atoms with E-state index in [4.69, 9.17) is 0 Å². The molecule has 0 radical (unpaired) electrons. The van der Waals surface area contributed by atoms with Gasteiger partial charge in [0, 0.05) is 29.8 Å². The number of halogens is 1. The molecule has 0 spiro atoms. The number of carbonyl (C=O) groups is 1. The molecule has 1 aromatic rings. The number of benzene rings is 1. The summed E-state index contributed by atoms with van der Waals surface area (Å²) in [4.78, 5) is 15.8. The van der Waals surface area contributed by atoms with Gasteiger partial charge in [-0.25, -0.2) is 0 Å². The Labute approximate surface area is 115 Å². The zero-order valence-electron chi connectivity index (χ0n) is 10.5. The van der Waals surface area contributed by atoms with Gasteiger partial charge in [-0.15, -0.1) is 0 Å². The average molecular weight is 313 g/mol. The molecule has 1 amide bonds. The van der Waals surface area contributed by atoms with E-state index in [-0.39, 0.29) is 18.6 Å². The van der Waals surface area contributed by atoms with Crippen LogP contribution in [0.3, 0.4) is 0 Å². The quantitative estimate of drug-likeness (QED) is 0.899. The number of piperazine rings is 1. The first-order valence-electron chi connectivity index (χ1n) is 5.94. The van der Waals surface area contributed by atoms with Crippen molar-refractivity contribution >= 4 is 27.5 Å². The minimum Gasteiger partial charge on any atom is -0.394 e. The van der Waals surface area contributed by atoms with Crippen molar-refractivity contribution in [3.63, 3.8) is 0 Å². The molecule has 18 heavy (non-hydrogen) atoms. The van der Waals surface area contributed by atoms with Crippen LogP contribution in [0, 0.1) is 0 Å². The summed E-state index contributed by atoms with van der Waals surface area (Å²) >= 11 is 3.43. The Kier molecular flexibility index (Phi) is 3.92. The van der Waals surface area contributed by atoms with Gasteiger partial charge in [-0.2, -0.15) is 0 Å². The number of hydrogen-bond donors (Lipinski definition) is 1. The van der Waals surface area contributed by atoms with E-state index in [9.17, 15) is 9.90 Å². The zero-order chi connectivity index (χ0) is 13.3. The van der Waals surface area contributed by atoms with E-state index in [1.54, 1.807) is 11.9 Å². The van der Waals surface area contributed by atoms with Crippen LogP contribution >= 0.6 is 15.9 Å². The minimum absolute atomic E-state index is 0.0319. The second-order valence-corrected chi connectivity index (χ2v) is 5.57. The Morgan fingerprint density at radius 3 is 2.83 bits per heavy atom. The average Bonchev–Trinajstić information content (AvgIpc) is 2.33. The molecule has 2 unspecified atom stereocenters. The van der Waals surface area contributed by atoms with Crippen molar-refractivity contribution in [3.8, 4) is 0 Å². The van der Waals surface area contributed by atoms with Gasteiger partial charge in [0.15, 0.2) is 0 Å². The molecular weight excluding hydrogens is 296 g/mol. The van der Waals surface area contributed by atoms with Gasteiger partial charge in [0.2, 0.25) is 5.91 Å². The smallest absolute Gasteiger partial charge is 0.247 e. The van der Waals surface area contributed by atoms with E-state index in [1.807, 2.05) is 29.2 Å². The zero-order valence-corrected chi connectivity index (χ0v) is 12.1. The molecule has 1 aromatic carbocycles. The minimum atomic E-state index is -0.493. The molecule has 98 valence electrons. The molecule has 0 aliphatic carbocycles. The van der Waals surface area contributed by atoms with E-state index >= 15 is 0 Å². The van der Waals surface area contributed by atoms with Gasteiger partial charge in [-0.1, -0.05) is 22.0 Å². The maximum atomic E-state index is 12.1. The van der Waals surface area contributed by atoms with Crippen molar-refractivity contribution < 1.29 is 9.90 Å². The van der Waals surface area contributed by atoms with Crippen LogP contribution in [0.4, 0.5) is 5.69 Å². The lowest BCUT2D eigenvalue weighted by molar-refractivity contribution is -0.134. The van der Waals surface area contributed by atoms with Gasteiger partial charge in [-0.05, 0) is 25.1 Å². The van der Waals surface area contributed by atoms with E-state index < -0.39 is 6.04 Å². The summed E-state index contributed by atoms with van der Waals surface area (Å²) in [5.41, 5.74) is 0.956. The first-order chi connectivity index (χ1) is 8.54. The van der Waals surface area contributed by atoms with E-state index in [0.717, 1.165) is 10.2 Å². The van der Waals surface area contributed by atoms with Gasteiger partial charge in [0.05, 0.1) is 6.61 Å². The van der Waals surface area contributed by atoms with Crippen molar-refractivity contribution in [1.29, 1.82) is 0 Å². The van der Waals surface area contributed by atoms with E-state index in [0.29, 0.717) is 6.54 Å². The molecular formula is C13H17BrN2O2. The maximum Gasteiger partial charge on any atom is 0.247 e. The summed E-state index contributed by atoms with van der Waals surface area (Å²) < 4.78 is 0.968. The Morgan fingerprint density at radius 2 is 2.22 bits per heavy atom. The summed E-state index contributed by atoms with van der Waals surface area (Å²) in [6.07, 6.45) is 0. The van der Waals surface area contributed by atoms with Crippen molar-refractivity contribution in [2.75, 3.05) is 25.1 Å². The second-order valence-electron chi connectivity index (χ2n) is 4.65. The standard InChI is InChI=1S/C13H17BrN2O2/c1-9-7-15(2)13(18)12(8-17)16(9)11-5-3-4-10(14)6-11/h3-6,9,12,17H,7-8H2,1-2H3. The fourth-order valence-corrected chi connectivity index (χ4v) is 2.88. The molecule has 1 fully saturated rings. The van der Waals surface area contributed by atoms with Crippen LogP contribution in [0.5, 0.6) is 0 Å². The summed E-state index contributed by atoms with van der Waals surface area (Å²) in [7, 11) is 1.78. The molecule has 1 aliphatic heterocycles. The highest BCUT2D eigenvalue weighted by Gasteiger charge is 2.36. The monoisotopic (exact) mass is 312 g/mol. The number of aliphatic hydroxyl groups is 1. The molecule has 4 nitrogen and oxygen atoms in total. The first-order valence-corrected chi connectivity index (χ1v) is 6.73. The summed E-state index contributed by atoms with van der Waals surface area (Å²) in [5, 5.41) is 9.50. The molecule has 1 aliphatic rings. The third-order valence-corrected chi connectivity index (χ3v) is 3.78. The third kappa shape index (κ3) is 2.37. The Bertz CT molecular complexity index is 452. The van der Waals surface area contributed by atoms with Crippen LogP contribution in [0.25, 0.3) is 0 Å². The van der Waals surface area contributed by atoms with Crippen LogP contribution in [-0.2, 0) is 4.79 Å². The number of nitrogens with zero attached hydrogens (tertiary/aromatic N) is 2. The molecule has 1 heterocycles. The van der Waals surface area contributed by atoms with Crippen molar-refractivity contribution in [2.45, 2.75) is 19.0 Å². The van der Waals surface area contributed by atoms with Crippen LogP contribution in [0.1, 0.15) is 6.92 Å². The molecule has 0 bridgehead atoms. The lowest BCUT2D eigenvalue weighted by atomic mass is 10.1. The summed E-state index contributed by atoms with van der Waals surface area (Å²) in [6, 6.07) is 7.50. The van der Waals surface area contributed by atoms with Crippen LogP contribution in [0.2, 0.25) is 0 Å². The highest BCUT2D eigenvalue weighted by Crippen LogP contribution is 2.27. The predicted octanol–water partition coefficient (Wildman–Crippen LogP) is 1.48. The Hall–Kier alpha value is -1.07. The highest BCUT2D eigenvalue weighted by atomic mass is 79.9. The first kappa shape index (κ1) is 13.4. The van der Waals surface area contributed by atoms with Gasteiger partial charge in [-0.3, -0.25) is 4.79 Å². The molecule has 0 aromatic heterocycles. The molecule has 2 rings (SSSR count). The number of hydrogen-bond acceptors (Lipinski definition) is 3. The number of anilines is 1. The largest absolute Gasteiger partial charge is 0.394 e. The molecule has 1 saturated heterocycles. The van der Waals surface area contributed by atoms with Gasteiger partial charge < -0.3 is 14.9 Å². The fourth-order valence-electron chi connectivity index (χ4n) is 2.49. The molecule has 5 heteroatoms. The van der Waals surface area contributed by atoms with Crippen molar-refractivity contribution in [2.24, 2.45) is 0 Å². The maximum absolute atomic E-state index is 12.1. The predicted molar refractivity (Wildman–Crippen MR) is 74.6 cm³/mol. The third-order valence-electron chi connectivity index (χ3n) is 3.29. The second kappa shape index (κ2) is 5.28. The lowest BCUT2D eigenvalue weighted by Crippen LogP contribution is -2.61. The summed E-state index contributed by atoms with van der Waals surface area (Å²) in [6.45, 7) is 2.56. The van der Waals surface area contributed by atoms with E-state index in [2.05, 4.69) is 22.9 Å². The van der Waals surface area contributed by atoms with Crippen LogP contribution in [0.15, 0.2) is 28.7 Å². The lowest BCUT2D eigenvalue weighted by Gasteiger charge is -2.44.